The first kappa shape index (κ1) is 15.7. The van der Waals surface area contributed by atoms with Crippen LogP contribution in [0.4, 0.5) is 0 Å². The number of carbonyl (C=O) groups excluding carboxylic acids is 1. The van der Waals surface area contributed by atoms with Gasteiger partial charge >= 0.3 is 29.6 Å². The molecule has 5 heteroatoms. The average molecular weight is 125 g/mol. The van der Waals surface area contributed by atoms with Crippen LogP contribution in [0.25, 0.3) is 0 Å². The van der Waals surface area contributed by atoms with E-state index in [-0.39, 0.29) is 35.0 Å². The first-order valence-electron chi connectivity index (χ1n) is 1.34. The number of hydrogen-bond acceptors (Lipinski definition) is 3. The molecule has 0 aliphatic heterocycles. The summed E-state index contributed by atoms with van der Waals surface area (Å²) in [5, 5.41) is 16.8. The van der Waals surface area contributed by atoms with Gasteiger partial charge in [-0.05, 0) is 0 Å². The predicted molar refractivity (Wildman–Crippen MR) is 18.9 cm³/mol. The number of aliphatic carboxylic acids is 1. The molecule has 0 fully saturated rings. The molecule has 0 radical (unpaired) electrons. The third kappa shape index (κ3) is 16.8. The third-order valence-electron chi connectivity index (χ3n) is 0.223. The van der Waals surface area contributed by atoms with Crippen LogP contribution in [0.15, 0.2) is 0 Å². The molecule has 0 saturated carbocycles. The number of hydrogen-bond donors (Lipinski definition) is 0. The number of carboxylic acid groups (broad SMARTS) is 1. The van der Waals surface area contributed by atoms with Crippen LogP contribution in [0.2, 0.25) is 0 Å². The number of nitrogens with zero attached hydrogens (tertiary/aromatic N) is 1. The van der Waals surface area contributed by atoms with Gasteiger partial charge in [0.1, 0.15) is 0 Å². The smallest absolute Gasteiger partial charge is 0.549 e. The van der Waals surface area contributed by atoms with Crippen molar-refractivity contribution in [3.63, 3.8) is 0 Å². The molecule has 0 amide bonds. The maximum Gasteiger partial charge on any atom is 1.00 e. The number of carboxylic acids is 1. The molecule has 4 nitrogen and oxygen atoms in total. The van der Waals surface area contributed by atoms with Crippen LogP contribution in [0, 0.1) is 11.3 Å². The summed E-state index contributed by atoms with van der Waals surface area (Å²) in [5.74, 6) is -1.32. The van der Waals surface area contributed by atoms with E-state index < -0.39 is 12.4 Å². The largest absolute Gasteiger partial charge is 1.00 e. The minimum atomic E-state index is -1.32. The van der Waals surface area contributed by atoms with Crippen molar-refractivity contribution in [2.75, 3.05) is 0 Å². The molecule has 40 valence electrons. The van der Waals surface area contributed by atoms with Crippen LogP contribution in [-0.2, 0) is 4.79 Å². The van der Waals surface area contributed by atoms with Crippen LogP contribution >= 0.6 is 0 Å². The van der Waals surface area contributed by atoms with Crippen LogP contribution in [0.3, 0.4) is 0 Å². The van der Waals surface area contributed by atoms with Crippen molar-refractivity contribution in [3.05, 3.63) is 0 Å². The second-order valence-corrected chi connectivity index (χ2v) is 0.707. The molecule has 8 heavy (non-hydrogen) atoms. The summed E-state index contributed by atoms with van der Waals surface area (Å²) in [7, 11) is 0. The molecule has 0 atom stereocenters. The zero-order chi connectivity index (χ0) is 4.99. The van der Waals surface area contributed by atoms with Crippen molar-refractivity contribution in [2.24, 2.45) is 0 Å². The zero-order valence-corrected chi connectivity index (χ0v) is 6.47. The monoisotopic (exact) mass is 125 g/mol. The molecule has 0 aromatic rings. The first-order valence-corrected chi connectivity index (χ1v) is 1.34. The Balaban J connectivity index is -0.000000125. The molecule has 0 unspecified atom stereocenters. The van der Waals surface area contributed by atoms with E-state index in [1.807, 2.05) is 0 Å². The van der Waals surface area contributed by atoms with Crippen LogP contribution < -0.4 is 34.7 Å². The molecule has 2 N–H and O–H groups in total. The maximum atomic E-state index is 9.27. The van der Waals surface area contributed by atoms with Gasteiger partial charge in [0.05, 0.1) is 18.5 Å². The summed E-state index contributed by atoms with van der Waals surface area (Å²) >= 11 is 0. The zero-order valence-electron chi connectivity index (χ0n) is 4.47. The summed E-state index contributed by atoms with van der Waals surface area (Å²) < 4.78 is 0. The van der Waals surface area contributed by atoms with Gasteiger partial charge in [-0.25, -0.2) is 0 Å². The van der Waals surface area contributed by atoms with Gasteiger partial charge in [-0.15, -0.1) is 0 Å². The second-order valence-electron chi connectivity index (χ2n) is 0.707. The molecule has 0 aromatic heterocycles. The van der Waals surface area contributed by atoms with Gasteiger partial charge < -0.3 is 15.4 Å². The standard InChI is InChI=1S/C3H3NO2.Na.H2O/c4-2-1-3(5)6;;/h1H2,(H,5,6);;1H2/q;+1;/p-1. The van der Waals surface area contributed by atoms with Crippen molar-refractivity contribution >= 4 is 5.97 Å². The molecular weight excluding hydrogens is 121 g/mol. The summed E-state index contributed by atoms with van der Waals surface area (Å²) in [6, 6.07) is 1.41. The molecular formula is C3H4NNaO3. The molecule has 0 rings (SSSR count). The van der Waals surface area contributed by atoms with E-state index in [0.29, 0.717) is 0 Å². The molecule has 0 spiro atoms. The Bertz CT molecular complexity index is 97.2. The predicted octanol–water partition coefficient (Wildman–Crippen LogP) is -5.17. The van der Waals surface area contributed by atoms with E-state index in [9.17, 15) is 9.90 Å². The van der Waals surface area contributed by atoms with Crippen molar-refractivity contribution in [1.82, 2.24) is 0 Å². The minimum absolute atomic E-state index is 0. The summed E-state index contributed by atoms with van der Waals surface area (Å²) in [6.07, 6.45) is -0.514. The summed E-state index contributed by atoms with van der Waals surface area (Å²) in [4.78, 5) is 9.27. The Kier molecular flexibility index (Phi) is 19.6. The number of rotatable bonds is 1. The van der Waals surface area contributed by atoms with Gasteiger partial charge in [0.25, 0.3) is 0 Å². The van der Waals surface area contributed by atoms with Crippen molar-refractivity contribution in [2.45, 2.75) is 6.42 Å². The Labute approximate surface area is 68.7 Å². The van der Waals surface area contributed by atoms with E-state index >= 15 is 0 Å². The fourth-order valence-corrected chi connectivity index (χ4v) is 0.0645. The van der Waals surface area contributed by atoms with Gasteiger partial charge in [-0.1, -0.05) is 0 Å². The Morgan fingerprint density at radius 2 is 2.12 bits per heavy atom. The fraction of sp³-hybridized carbons (Fsp3) is 0.333. The van der Waals surface area contributed by atoms with E-state index in [1.54, 1.807) is 0 Å². The van der Waals surface area contributed by atoms with Crippen molar-refractivity contribution < 1.29 is 44.9 Å². The molecule has 0 heterocycles. The molecule has 0 aliphatic carbocycles. The Morgan fingerprint density at radius 1 is 1.75 bits per heavy atom. The molecule has 0 aromatic carbocycles. The third-order valence-corrected chi connectivity index (χ3v) is 0.223. The van der Waals surface area contributed by atoms with E-state index in [2.05, 4.69) is 0 Å². The van der Waals surface area contributed by atoms with E-state index in [4.69, 9.17) is 5.26 Å². The Hall–Kier alpha value is -0.0800. The van der Waals surface area contributed by atoms with E-state index in [0.717, 1.165) is 0 Å². The average Bonchev–Trinajstić information content (AvgIpc) is 1.35. The quantitative estimate of drug-likeness (QED) is 0.328. The van der Waals surface area contributed by atoms with Gasteiger partial charge in [0, 0.05) is 0 Å². The van der Waals surface area contributed by atoms with Gasteiger partial charge in [0.2, 0.25) is 0 Å². The molecule has 0 aliphatic rings. The van der Waals surface area contributed by atoms with Crippen molar-refractivity contribution in [1.29, 1.82) is 5.26 Å². The van der Waals surface area contributed by atoms with Gasteiger partial charge in [-0.3, -0.25) is 0 Å². The van der Waals surface area contributed by atoms with Crippen LogP contribution in [0.5, 0.6) is 0 Å². The van der Waals surface area contributed by atoms with E-state index in [1.165, 1.54) is 6.07 Å². The Morgan fingerprint density at radius 3 is 2.12 bits per heavy atom. The second kappa shape index (κ2) is 10.0. The summed E-state index contributed by atoms with van der Waals surface area (Å²) in [5.41, 5.74) is 0. The normalized spacial score (nSPS) is 4.88. The van der Waals surface area contributed by atoms with Gasteiger partial charge in [0.15, 0.2) is 0 Å². The SMILES string of the molecule is N#CCC(=O)[O-].O.[Na+]. The molecule has 0 bridgehead atoms. The fourth-order valence-electron chi connectivity index (χ4n) is 0.0645. The summed E-state index contributed by atoms with van der Waals surface area (Å²) in [6.45, 7) is 0. The van der Waals surface area contributed by atoms with Crippen molar-refractivity contribution in [3.8, 4) is 6.07 Å². The van der Waals surface area contributed by atoms with Gasteiger partial charge in [-0.2, -0.15) is 5.26 Å². The number of nitriles is 1. The minimum Gasteiger partial charge on any atom is -0.549 e. The molecule has 0 saturated heterocycles. The first-order chi connectivity index (χ1) is 2.77. The number of carbonyl (C=O) groups is 1. The topological polar surface area (TPSA) is 95.4 Å². The van der Waals surface area contributed by atoms with Crippen LogP contribution in [0.1, 0.15) is 6.42 Å². The maximum absolute atomic E-state index is 9.27. The van der Waals surface area contributed by atoms with Crippen LogP contribution in [-0.4, -0.2) is 11.4 Å².